The third-order valence-corrected chi connectivity index (χ3v) is 6.11. The summed E-state index contributed by atoms with van der Waals surface area (Å²) in [6, 6.07) is 6.76. The SMILES string of the molecule is NC1CC(c2cc(N3CCN(Cc4cccnc4)CC3)nc(C3CC3)n2)C1. The lowest BCUT2D eigenvalue weighted by Gasteiger charge is -2.36. The summed E-state index contributed by atoms with van der Waals surface area (Å²) < 4.78 is 0. The van der Waals surface area contributed by atoms with E-state index in [1.54, 1.807) is 0 Å². The van der Waals surface area contributed by atoms with Crippen molar-refractivity contribution in [2.45, 2.75) is 50.1 Å². The summed E-state index contributed by atoms with van der Waals surface area (Å²) >= 11 is 0. The molecule has 3 fully saturated rings. The number of hydrogen-bond acceptors (Lipinski definition) is 6. The molecule has 6 nitrogen and oxygen atoms in total. The van der Waals surface area contributed by atoms with Crippen LogP contribution in [0.4, 0.5) is 5.82 Å². The number of nitrogens with zero attached hydrogens (tertiary/aromatic N) is 5. The first-order chi connectivity index (χ1) is 13.2. The minimum Gasteiger partial charge on any atom is -0.354 e. The van der Waals surface area contributed by atoms with Crippen LogP contribution < -0.4 is 10.6 Å². The quantitative estimate of drug-likeness (QED) is 0.878. The Morgan fingerprint density at radius 3 is 2.52 bits per heavy atom. The molecule has 0 unspecified atom stereocenters. The molecule has 0 aromatic carbocycles. The highest BCUT2D eigenvalue weighted by Gasteiger charge is 2.33. The van der Waals surface area contributed by atoms with E-state index >= 15 is 0 Å². The third kappa shape index (κ3) is 3.82. The molecule has 142 valence electrons. The zero-order valence-corrected chi connectivity index (χ0v) is 15.8. The Balaban J connectivity index is 1.27. The average Bonchev–Trinajstić information content (AvgIpc) is 3.52. The van der Waals surface area contributed by atoms with Crippen LogP contribution in [0.25, 0.3) is 0 Å². The van der Waals surface area contributed by atoms with Crippen molar-refractivity contribution in [3.05, 3.63) is 47.7 Å². The van der Waals surface area contributed by atoms with Crippen molar-refractivity contribution in [2.24, 2.45) is 5.73 Å². The predicted molar refractivity (Wildman–Crippen MR) is 106 cm³/mol. The Morgan fingerprint density at radius 2 is 1.85 bits per heavy atom. The monoisotopic (exact) mass is 364 g/mol. The summed E-state index contributed by atoms with van der Waals surface area (Å²) in [7, 11) is 0. The van der Waals surface area contributed by atoms with Gasteiger partial charge in [-0.1, -0.05) is 6.07 Å². The molecule has 0 atom stereocenters. The van der Waals surface area contributed by atoms with Crippen molar-refractivity contribution in [1.82, 2.24) is 19.9 Å². The van der Waals surface area contributed by atoms with Gasteiger partial charge in [0, 0.05) is 74.8 Å². The van der Waals surface area contributed by atoms with E-state index < -0.39 is 0 Å². The minimum atomic E-state index is 0.355. The third-order valence-electron chi connectivity index (χ3n) is 6.11. The molecule has 3 aliphatic rings. The first-order valence-corrected chi connectivity index (χ1v) is 10.3. The van der Waals surface area contributed by atoms with E-state index in [1.165, 1.54) is 24.1 Å². The normalized spacial score (nSPS) is 26.0. The van der Waals surface area contributed by atoms with Crippen LogP contribution in [0.5, 0.6) is 0 Å². The summed E-state index contributed by atoms with van der Waals surface area (Å²) in [6.45, 7) is 5.13. The molecule has 2 aromatic heterocycles. The maximum absolute atomic E-state index is 6.01. The highest BCUT2D eigenvalue weighted by molar-refractivity contribution is 5.42. The lowest BCUT2D eigenvalue weighted by molar-refractivity contribution is 0.249. The fourth-order valence-corrected chi connectivity index (χ4v) is 4.15. The number of anilines is 1. The van der Waals surface area contributed by atoms with E-state index in [4.69, 9.17) is 15.7 Å². The zero-order chi connectivity index (χ0) is 18.2. The van der Waals surface area contributed by atoms with E-state index in [1.807, 2.05) is 18.5 Å². The van der Waals surface area contributed by atoms with Gasteiger partial charge in [-0.2, -0.15) is 0 Å². The summed E-state index contributed by atoms with van der Waals surface area (Å²) in [5.74, 6) is 3.32. The van der Waals surface area contributed by atoms with Crippen LogP contribution in [-0.4, -0.2) is 52.1 Å². The van der Waals surface area contributed by atoms with Crippen LogP contribution >= 0.6 is 0 Å². The Labute approximate surface area is 160 Å². The van der Waals surface area contributed by atoms with Crippen molar-refractivity contribution in [3.63, 3.8) is 0 Å². The number of pyridine rings is 1. The molecule has 27 heavy (non-hydrogen) atoms. The molecular weight excluding hydrogens is 336 g/mol. The van der Waals surface area contributed by atoms with Gasteiger partial charge < -0.3 is 10.6 Å². The maximum Gasteiger partial charge on any atom is 0.134 e. The maximum atomic E-state index is 6.01. The first-order valence-electron chi connectivity index (χ1n) is 10.3. The molecule has 1 saturated heterocycles. The molecule has 5 rings (SSSR count). The standard InChI is InChI=1S/C21H28N6/c22-18-10-17(11-18)19-12-20(25-21(24-19)16-3-4-16)27-8-6-26(7-9-27)14-15-2-1-5-23-13-15/h1-2,5,12-13,16-18H,3-4,6-11,14,22H2. The molecule has 0 bridgehead atoms. The van der Waals surface area contributed by atoms with Crippen LogP contribution in [0.2, 0.25) is 0 Å². The van der Waals surface area contributed by atoms with E-state index in [2.05, 4.69) is 26.9 Å². The number of nitrogens with two attached hydrogens (primary N) is 1. The number of piperazine rings is 1. The minimum absolute atomic E-state index is 0.355. The highest BCUT2D eigenvalue weighted by atomic mass is 15.3. The van der Waals surface area contributed by atoms with Crippen molar-refractivity contribution >= 4 is 5.82 Å². The van der Waals surface area contributed by atoms with Gasteiger partial charge in [0.2, 0.25) is 0 Å². The van der Waals surface area contributed by atoms with Crippen molar-refractivity contribution in [3.8, 4) is 0 Å². The first kappa shape index (κ1) is 17.1. The average molecular weight is 364 g/mol. The summed E-state index contributed by atoms with van der Waals surface area (Å²) in [4.78, 5) is 19.0. The number of rotatable bonds is 5. The van der Waals surface area contributed by atoms with Crippen molar-refractivity contribution in [1.29, 1.82) is 0 Å². The van der Waals surface area contributed by atoms with Crippen LogP contribution in [0.15, 0.2) is 30.6 Å². The molecule has 0 spiro atoms. The molecule has 2 saturated carbocycles. The Kier molecular flexibility index (Phi) is 4.53. The van der Waals surface area contributed by atoms with Gasteiger partial charge in [-0.25, -0.2) is 9.97 Å². The molecule has 1 aliphatic heterocycles. The van der Waals surface area contributed by atoms with Crippen molar-refractivity contribution in [2.75, 3.05) is 31.1 Å². The number of hydrogen-bond donors (Lipinski definition) is 1. The van der Waals surface area contributed by atoms with Gasteiger partial charge in [0.15, 0.2) is 0 Å². The van der Waals surface area contributed by atoms with Gasteiger partial charge >= 0.3 is 0 Å². The van der Waals surface area contributed by atoms with Crippen molar-refractivity contribution < 1.29 is 0 Å². The van der Waals surface area contributed by atoms with E-state index in [-0.39, 0.29) is 0 Å². The van der Waals surface area contributed by atoms with Crippen LogP contribution in [0.3, 0.4) is 0 Å². The second-order valence-corrected chi connectivity index (χ2v) is 8.34. The second kappa shape index (κ2) is 7.17. The Hall–Kier alpha value is -2.05. The van der Waals surface area contributed by atoms with Crippen LogP contribution in [-0.2, 0) is 6.54 Å². The largest absolute Gasteiger partial charge is 0.354 e. The van der Waals surface area contributed by atoms with Gasteiger partial charge in [-0.3, -0.25) is 9.88 Å². The van der Waals surface area contributed by atoms with Gasteiger partial charge in [0.1, 0.15) is 11.6 Å². The second-order valence-electron chi connectivity index (χ2n) is 8.34. The molecular formula is C21H28N6. The Morgan fingerprint density at radius 1 is 1.04 bits per heavy atom. The lowest BCUT2D eigenvalue weighted by atomic mass is 9.78. The van der Waals surface area contributed by atoms with Gasteiger partial charge in [-0.15, -0.1) is 0 Å². The van der Waals surface area contributed by atoms with E-state index in [0.717, 1.165) is 57.2 Å². The molecule has 6 heteroatoms. The van der Waals surface area contributed by atoms with E-state index in [9.17, 15) is 0 Å². The zero-order valence-electron chi connectivity index (χ0n) is 15.8. The molecule has 0 amide bonds. The molecule has 2 aliphatic carbocycles. The highest BCUT2D eigenvalue weighted by Crippen LogP contribution is 2.41. The molecule has 2 N–H and O–H groups in total. The predicted octanol–water partition coefficient (Wildman–Crippen LogP) is 2.28. The summed E-state index contributed by atoms with van der Waals surface area (Å²) in [6.07, 6.45) is 8.42. The van der Waals surface area contributed by atoms with Gasteiger partial charge in [-0.05, 0) is 37.3 Å². The van der Waals surface area contributed by atoms with Crippen LogP contribution in [0.1, 0.15) is 54.6 Å². The van der Waals surface area contributed by atoms with E-state index in [0.29, 0.717) is 17.9 Å². The van der Waals surface area contributed by atoms with Gasteiger partial charge in [0.25, 0.3) is 0 Å². The summed E-state index contributed by atoms with van der Waals surface area (Å²) in [5.41, 5.74) is 8.52. The summed E-state index contributed by atoms with van der Waals surface area (Å²) in [5, 5.41) is 0. The topological polar surface area (TPSA) is 71.2 Å². The number of aromatic nitrogens is 3. The van der Waals surface area contributed by atoms with Crippen LogP contribution in [0, 0.1) is 0 Å². The molecule has 2 aromatic rings. The fraction of sp³-hybridized carbons (Fsp3) is 0.571. The molecule has 3 heterocycles. The Bertz CT molecular complexity index is 777. The molecule has 0 radical (unpaired) electrons. The fourth-order valence-electron chi connectivity index (χ4n) is 4.15. The lowest BCUT2D eigenvalue weighted by Crippen LogP contribution is -2.46. The smallest absolute Gasteiger partial charge is 0.134 e. The van der Waals surface area contributed by atoms with Gasteiger partial charge in [0.05, 0.1) is 0 Å².